The monoisotopic (exact) mass is 281 g/mol. The maximum atomic E-state index is 9.83. The average molecular weight is 281 g/mol. The van der Waals surface area contributed by atoms with Crippen molar-refractivity contribution in [3.63, 3.8) is 0 Å². The molecule has 0 saturated carbocycles. The normalized spacial score (nSPS) is 27.6. The molecule has 2 fully saturated rings. The van der Waals surface area contributed by atoms with Crippen molar-refractivity contribution < 1.29 is 14.6 Å². The van der Waals surface area contributed by atoms with Crippen LogP contribution in [0.2, 0.25) is 0 Å². The molecule has 0 amide bonds. The smallest absolute Gasteiger partial charge is 0.111 e. The zero-order chi connectivity index (χ0) is 14.0. The molecule has 112 valence electrons. The second kappa shape index (κ2) is 5.79. The number of aliphatic hydroxyl groups is 1. The van der Waals surface area contributed by atoms with Gasteiger partial charge in [0, 0.05) is 19.8 Å². The first-order valence-corrected chi connectivity index (χ1v) is 7.54. The molecule has 2 aliphatic rings. The summed E-state index contributed by atoms with van der Waals surface area (Å²) in [5.74, 6) is 0. The van der Waals surface area contributed by atoms with E-state index >= 15 is 0 Å². The molecule has 1 spiro atoms. The number of hydrogen-bond donors (Lipinski definition) is 1. The van der Waals surface area contributed by atoms with E-state index in [1.54, 1.807) is 0 Å². The first-order valence-electron chi connectivity index (χ1n) is 7.54. The van der Waals surface area contributed by atoms with Gasteiger partial charge in [0.05, 0.1) is 23.9 Å². The minimum Gasteiger partial charge on any atom is -0.387 e. The number of hydrogen-bond acceptors (Lipinski definition) is 5. The number of aliphatic hydroxyl groups excluding tert-OH is 1. The maximum Gasteiger partial charge on any atom is 0.111 e. The van der Waals surface area contributed by atoms with Crippen LogP contribution in [0.1, 0.15) is 56.9 Å². The van der Waals surface area contributed by atoms with E-state index in [0.29, 0.717) is 18.2 Å². The predicted octanol–water partition coefficient (Wildman–Crippen LogP) is 1.62. The van der Waals surface area contributed by atoms with Gasteiger partial charge in [0.15, 0.2) is 0 Å². The van der Waals surface area contributed by atoms with Gasteiger partial charge in [-0.3, -0.25) is 0 Å². The van der Waals surface area contributed by atoms with Gasteiger partial charge in [0.25, 0.3) is 0 Å². The van der Waals surface area contributed by atoms with E-state index < -0.39 is 6.10 Å². The van der Waals surface area contributed by atoms with Crippen molar-refractivity contribution in [2.24, 2.45) is 0 Å². The van der Waals surface area contributed by atoms with Crippen molar-refractivity contribution in [2.45, 2.75) is 56.8 Å². The van der Waals surface area contributed by atoms with Crippen molar-refractivity contribution in [1.29, 1.82) is 0 Å². The summed E-state index contributed by atoms with van der Waals surface area (Å²) in [6, 6.07) is 0.312. The molecule has 0 radical (unpaired) electrons. The van der Waals surface area contributed by atoms with Crippen LogP contribution in [0.5, 0.6) is 0 Å². The maximum absolute atomic E-state index is 9.83. The van der Waals surface area contributed by atoms with Gasteiger partial charge in [-0.05, 0) is 32.1 Å². The minimum atomic E-state index is -0.513. The lowest BCUT2D eigenvalue weighted by molar-refractivity contribution is -0.145. The summed E-state index contributed by atoms with van der Waals surface area (Å²) >= 11 is 0. The zero-order valence-corrected chi connectivity index (χ0v) is 12.0. The van der Waals surface area contributed by atoms with Gasteiger partial charge in [-0.15, -0.1) is 5.10 Å². The van der Waals surface area contributed by atoms with E-state index in [4.69, 9.17) is 9.47 Å². The Morgan fingerprint density at radius 1 is 1.45 bits per heavy atom. The molecule has 3 rings (SSSR count). The molecular formula is C14H23N3O3. The van der Waals surface area contributed by atoms with Crippen LogP contribution in [0.15, 0.2) is 6.20 Å². The molecule has 20 heavy (non-hydrogen) atoms. The molecule has 2 atom stereocenters. The van der Waals surface area contributed by atoms with E-state index in [-0.39, 0.29) is 5.60 Å². The summed E-state index contributed by atoms with van der Waals surface area (Å²) in [5, 5.41) is 18.1. The third kappa shape index (κ3) is 2.73. The van der Waals surface area contributed by atoms with Gasteiger partial charge in [0.1, 0.15) is 5.69 Å². The highest BCUT2D eigenvalue weighted by atomic mass is 16.5. The summed E-state index contributed by atoms with van der Waals surface area (Å²) in [5.41, 5.74) is 0.622. The Morgan fingerprint density at radius 2 is 2.25 bits per heavy atom. The molecule has 0 aliphatic carbocycles. The fourth-order valence-electron chi connectivity index (χ4n) is 3.15. The molecule has 1 aromatic rings. The second-order valence-corrected chi connectivity index (χ2v) is 5.84. The summed E-state index contributed by atoms with van der Waals surface area (Å²) in [6.45, 7) is 4.26. The zero-order valence-electron chi connectivity index (χ0n) is 12.0. The minimum absolute atomic E-state index is 0.0450. The van der Waals surface area contributed by atoms with Crippen LogP contribution in [0.25, 0.3) is 0 Å². The standard InChI is InChI=1S/C14H23N3O3/c1-2-13(18)12-10-17(16-15-12)11-3-6-20-14(9-11)4-7-19-8-5-14/h10-11,13,18H,2-9H2,1H3. The van der Waals surface area contributed by atoms with Gasteiger partial charge in [0.2, 0.25) is 0 Å². The Bertz CT molecular complexity index is 437. The number of nitrogens with zero attached hydrogens (tertiary/aromatic N) is 3. The highest BCUT2D eigenvalue weighted by Crippen LogP contribution is 2.38. The molecule has 3 heterocycles. The highest BCUT2D eigenvalue weighted by Gasteiger charge is 2.40. The molecule has 1 N–H and O–H groups in total. The molecule has 2 unspecified atom stereocenters. The number of ether oxygens (including phenoxy) is 2. The van der Waals surface area contributed by atoms with Gasteiger partial charge < -0.3 is 14.6 Å². The van der Waals surface area contributed by atoms with Crippen molar-refractivity contribution in [3.05, 3.63) is 11.9 Å². The van der Waals surface area contributed by atoms with Crippen LogP contribution in [-0.2, 0) is 9.47 Å². The van der Waals surface area contributed by atoms with Crippen LogP contribution in [-0.4, -0.2) is 45.5 Å². The quantitative estimate of drug-likeness (QED) is 0.911. The van der Waals surface area contributed by atoms with Crippen molar-refractivity contribution in [3.8, 4) is 0 Å². The largest absolute Gasteiger partial charge is 0.387 e. The third-order valence-electron chi connectivity index (χ3n) is 4.50. The fraction of sp³-hybridized carbons (Fsp3) is 0.857. The van der Waals surface area contributed by atoms with E-state index in [9.17, 15) is 5.11 Å². The summed E-state index contributed by atoms with van der Waals surface area (Å²) in [6.07, 6.45) is 5.87. The third-order valence-corrected chi connectivity index (χ3v) is 4.50. The summed E-state index contributed by atoms with van der Waals surface area (Å²) < 4.78 is 13.4. The van der Waals surface area contributed by atoms with E-state index in [0.717, 1.165) is 45.5 Å². The molecule has 1 aromatic heterocycles. The lowest BCUT2D eigenvalue weighted by Gasteiger charge is -2.43. The van der Waals surface area contributed by atoms with Crippen LogP contribution >= 0.6 is 0 Å². The van der Waals surface area contributed by atoms with Gasteiger partial charge in [-0.1, -0.05) is 12.1 Å². The van der Waals surface area contributed by atoms with Crippen molar-refractivity contribution in [1.82, 2.24) is 15.0 Å². The summed E-state index contributed by atoms with van der Waals surface area (Å²) in [4.78, 5) is 0. The topological polar surface area (TPSA) is 69.4 Å². The lowest BCUT2D eigenvalue weighted by atomic mass is 9.84. The van der Waals surface area contributed by atoms with Gasteiger partial charge in [-0.25, -0.2) is 4.68 Å². The second-order valence-electron chi connectivity index (χ2n) is 5.84. The van der Waals surface area contributed by atoms with Crippen LogP contribution in [0.3, 0.4) is 0 Å². The lowest BCUT2D eigenvalue weighted by Crippen LogP contribution is -2.44. The first kappa shape index (κ1) is 14.0. The van der Waals surface area contributed by atoms with E-state index in [1.807, 2.05) is 17.8 Å². The molecule has 2 aliphatic heterocycles. The summed E-state index contributed by atoms with van der Waals surface area (Å²) in [7, 11) is 0. The van der Waals surface area contributed by atoms with Crippen LogP contribution in [0.4, 0.5) is 0 Å². The number of rotatable bonds is 3. The molecule has 6 heteroatoms. The van der Waals surface area contributed by atoms with E-state index in [2.05, 4.69) is 10.3 Å². The van der Waals surface area contributed by atoms with E-state index in [1.165, 1.54) is 0 Å². The molecule has 2 saturated heterocycles. The SMILES string of the molecule is CCC(O)c1cn(C2CCOC3(CCOCC3)C2)nn1. The van der Waals surface area contributed by atoms with Crippen molar-refractivity contribution >= 4 is 0 Å². The average Bonchev–Trinajstić information content (AvgIpc) is 2.97. The van der Waals surface area contributed by atoms with Crippen molar-refractivity contribution in [2.75, 3.05) is 19.8 Å². The number of aromatic nitrogens is 3. The molecule has 0 aromatic carbocycles. The Labute approximate surface area is 119 Å². The van der Waals surface area contributed by atoms with Gasteiger partial charge >= 0.3 is 0 Å². The molecule has 0 bridgehead atoms. The van der Waals surface area contributed by atoms with Crippen LogP contribution in [0, 0.1) is 0 Å². The Balaban J connectivity index is 1.71. The predicted molar refractivity (Wildman–Crippen MR) is 72.3 cm³/mol. The fourth-order valence-corrected chi connectivity index (χ4v) is 3.15. The van der Waals surface area contributed by atoms with Crippen LogP contribution < -0.4 is 0 Å². The molecule has 6 nitrogen and oxygen atoms in total. The Hall–Kier alpha value is -0.980. The first-order chi connectivity index (χ1) is 9.72. The molecular weight excluding hydrogens is 258 g/mol. The Kier molecular flexibility index (Phi) is 4.05. The van der Waals surface area contributed by atoms with Gasteiger partial charge in [-0.2, -0.15) is 0 Å². The highest BCUT2D eigenvalue weighted by molar-refractivity contribution is 4.99. The Morgan fingerprint density at radius 3 is 3.00 bits per heavy atom.